The molecule has 0 saturated carbocycles. The molecule has 1 aliphatic rings. The van der Waals surface area contributed by atoms with Gasteiger partial charge in [-0.05, 0) is 30.3 Å². The molecule has 5 nitrogen and oxygen atoms in total. The molecule has 1 aliphatic heterocycles. The van der Waals surface area contributed by atoms with Crippen molar-refractivity contribution in [2.24, 2.45) is 0 Å². The normalized spacial score (nSPS) is 18.3. The lowest BCUT2D eigenvalue weighted by atomic mass is 10.1. The molecule has 1 saturated heterocycles. The van der Waals surface area contributed by atoms with Crippen LogP contribution in [0.2, 0.25) is 0 Å². The van der Waals surface area contributed by atoms with Crippen molar-refractivity contribution in [2.75, 3.05) is 19.7 Å². The molecule has 23 heavy (non-hydrogen) atoms. The fraction of sp³-hybridized carbons (Fsp3) is 0.222. The maximum Gasteiger partial charge on any atom is 0.254 e. The predicted molar refractivity (Wildman–Crippen MR) is 85.0 cm³/mol. The number of amides is 1. The van der Waals surface area contributed by atoms with Gasteiger partial charge in [0.05, 0.1) is 24.9 Å². The molecule has 0 spiro atoms. The van der Waals surface area contributed by atoms with Crippen molar-refractivity contribution in [3.63, 3.8) is 0 Å². The van der Waals surface area contributed by atoms with Gasteiger partial charge in [-0.2, -0.15) is 0 Å². The third-order valence-electron chi connectivity index (χ3n) is 4.09. The first kappa shape index (κ1) is 14.0. The number of aromatic nitrogens is 1. The van der Waals surface area contributed by atoms with E-state index in [2.05, 4.69) is 4.98 Å². The molecule has 0 radical (unpaired) electrons. The number of morpholine rings is 1. The second-order valence-corrected chi connectivity index (χ2v) is 5.50. The van der Waals surface area contributed by atoms with Crippen LogP contribution in [0.3, 0.4) is 0 Å². The SMILES string of the molecule is O=C(c1cccc2ncccc12)N1CCO[C@H](c2ccco2)C1. The van der Waals surface area contributed by atoms with Crippen LogP contribution < -0.4 is 0 Å². The molecule has 4 rings (SSSR count). The number of pyridine rings is 1. The summed E-state index contributed by atoms with van der Waals surface area (Å²) < 4.78 is 11.1. The lowest BCUT2D eigenvalue weighted by Gasteiger charge is -2.32. The summed E-state index contributed by atoms with van der Waals surface area (Å²) in [6, 6.07) is 13.1. The number of hydrogen-bond acceptors (Lipinski definition) is 4. The van der Waals surface area contributed by atoms with Crippen LogP contribution in [-0.4, -0.2) is 35.5 Å². The summed E-state index contributed by atoms with van der Waals surface area (Å²) in [7, 11) is 0. The van der Waals surface area contributed by atoms with Crippen LogP contribution in [0.15, 0.2) is 59.3 Å². The Balaban J connectivity index is 1.63. The average Bonchev–Trinajstić information content (AvgIpc) is 3.15. The molecule has 1 atom stereocenters. The highest BCUT2D eigenvalue weighted by Crippen LogP contribution is 2.25. The molecule has 0 unspecified atom stereocenters. The van der Waals surface area contributed by atoms with E-state index in [4.69, 9.17) is 9.15 Å². The van der Waals surface area contributed by atoms with Crippen molar-refractivity contribution >= 4 is 16.8 Å². The van der Waals surface area contributed by atoms with Crippen molar-refractivity contribution in [1.82, 2.24) is 9.88 Å². The minimum absolute atomic E-state index is 0.00320. The molecule has 2 aromatic heterocycles. The van der Waals surface area contributed by atoms with Crippen LogP contribution >= 0.6 is 0 Å². The van der Waals surface area contributed by atoms with Gasteiger partial charge in [-0.3, -0.25) is 9.78 Å². The number of carbonyl (C=O) groups excluding carboxylic acids is 1. The summed E-state index contributed by atoms with van der Waals surface area (Å²) >= 11 is 0. The number of benzene rings is 1. The summed E-state index contributed by atoms with van der Waals surface area (Å²) in [5.41, 5.74) is 1.50. The van der Waals surface area contributed by atoms with Gasteiger partial charge >= 0.3 is 0 Å². The topological polar surface area (TPSA) is 55.6 Å². The molecule has 5 heteroatoms. The highest BCUT2D eigenvalue weighted by molar-refractivity contribution is 6.06. The molecule has 116 valence electrons. The maximum absolute atomic E-state index is 12.9. The van der Waals surface area contributed by atoms with E-state index >= 15 is 0 Å². The number of hydrogen-bond donors (Lipinski definition) is 0. The molecule has 3 heterocycles. The van der Waals surface area contributed by atoms with Gasteiger partial charge in [0.15, 0.2) is 0 Å². The van der Waals surface area contributed by atoms with Gasteiger partial charge in [0.2, 0.25) is 0 Å². The zero-order chi connectivity index (χ0) is 15.6. The predicted octanol–water partition coefficient (Wildman–Crippen LogP) is 3.04. The standard InChI is InChI=1S/C18H16N2O3/c21-18(14-4-1-6-15-13(14)5-2-8-19-15)20-9-11-23-17(12-20)16-7-3-10-22-16/h1-8,10,17H,9,11-12H2/t17-/m0/s1. The smallest absolute Gasteiger partial charge is 0.254 e. The van der Waals surface area contributed by atoms with Crippen LogP contribution in [0.5, 0.6) is 0 Å². The van der Waals surface area contributed by atoms with Crippen LogP contribution in [0.25, 0.3) is 10.9 Å². The van der Waals surface area contributed by atoms with Crippen molar-refractivity contribution in [1.29, 1.82) is 0 Å². The molecule has 1 amide bonds. The number of furan rings is 1. The number of rotatable bonds is 2. The molecule has 0 bridgehead atoms. The van der Waals surface area contributed by atoms with Gasteiger partial charge in [-0.15, -0.1) is 0 Å². The fourth-order valence-corrected chi connectivity index (χ4v) is 2.94. The Bertz CT molecular complexity index is 824. The third-order valence-corrected chi connectivity index (χ3v) is 4.09. The van der Waals surface area contributed by atoms with E-state index in [-0.39, 0.29) is 12.0 Å². The monoisotopic (exact) mass is 308 g/mol. The van der Waals surface area contributed by atoms with E-state index in [0.717, 1.165) is 16.7 Å². The van der Waals surface area contributed by atoms with Crippen molar-refractivity contribution < 1.29 is 13.9 Å². The van der Waals surface area contributed by atoms with E-state index in [1.807, 2.05) is 47.4 Å². The molecular formula is C18H16N2O3. The number of ether oxygens (including phenoxy) is 1. The summed E-state index contributed by atoms with van der Waals surface area (Å²) in [6.45, 7) is 1.57. The van der Waals surface area contributed by atoms with Crippen molar-refractivity contribution in [3.8, 4) is 0 Å². The molecule has 0 aliphatic carbocycles. The number of nitrogens with zero attached hydrogens (tertiary/aromatic N) is 2. The number of carbonyl (C=O) groups is 1. The Kier molecular flexibility index (Phi) is 3.55. The van der Waals surface area contributed by atoms with Crippen LogP contribution in [0.1, 0.15) is 22.2 Å². The van der Waals surface area contributed by atoms with Gasteiger partial charge < -0.3 is 14.1 Å². The second kappa shape index (κ2) is 5.85. The molecule has 0 N–H and O–H groups in total. The van der Waals surface area contributed by atoms with Crippen LogP contribution in [0.4, 0.5) is 0 Å². The van der Waals surface area contributed by atoms with E-state index in [1.54, 1.807) is 12.5 Å². The third kappa shape index (κ3) is 2.59. The summed E-state index contributed by atoms with van der Waals surface area (Å²) in [5, 5.41) is 0.876. The largest absolute Gasteiger partial charge is 0.467 e. The van der Waals surface area contributed by atoms with Gasteiger partial charge in [-0.1, -0.05) is 12.1 Å². The average molecular weight is 308 g/mol. The van der Waals surface area contributed by atoms with E-state index in [0.29, 0.717) is 25.3 Å². The second-order valence-electron chi connectivity index (χ2n) is 5.50. The Labute approximate surface area is 133 Å². The van der Waals surface area contributed by atoms with E-state index < -0.39 is 0 Å². The zero-order valence-electron chi connectivity index (χ0n) is 12.5. The first-order chi connectivity index (χ1) is 11.3. The highest BCUT2D eigenvalue weighted by atomic mass is 16.5. The quantitative estimate of drug-likeness (QED) is 0.730. The Morgan fingerprint density at radius 3 is 3.00 bits per heavy atom. The molecule has 1 fully saturated rings. The van der Waals surface area contributed by atoms with Gasteiger partial charge in [0, 0.05) is 23.7 Å². The zero-order valence-corrected chi connectivity index (χ0v) is 12.5. The summed E-state index contributed by atoms with van der Waals surface area (Å²) in [6.07, 6.45) is 3.14. The maximum atomic E-state index is 12.9. The molecule has 1 aromatic carbocycles. The Hall–Kier alpha value is -2.66. The summed E-state index contributed by atoms with van der Waals surface area (Å²) in [5.74, 6) is 0.755. The lowest BCUT2D eigenvalue weighted by Crippen LogP contribution is -2.42. The molecule has 3 aromatic rings. The van der Waals surface area contributed by atoms with Gasteiger partial charge in [0.25, 0.3) is 5.91 Å². The summed E-state index contributed by atoms with van der Waals surface area (Å²) in [4.78, 5) is 19.1. The van der Waals surface area contributed by atoms with Crippen molar-refractivity contribution in [3.05, 3.63) is 66.2 Å². The first-order valence-corrected chi connectivity index (χ1v) is 7.61. The lowest BCUT2D eigenvalue weighted by molar-refractivity contribution is -0.0320. The first-order valence-electron chi connectivity index (χ1n) is 7.61. The van der Waals surface area contributed by atoms with Crippen molar-refractivity contribution in [2.45, 2.75) is 6.10 Å². The van der Waals surface area contributed by atoms with E-state index in [9.17, 15) is 4.79 Å². The van der Waals surface area contributed by atoms with Crippen LogP contribution in [-0.2, 0) is 4.74 Å². The minimum Gasteiger partial charge on any atom is -0.467 e. The Morgan fingerprint density at radius 2 is 2.13 bits per heavy atom. The van der Waals surface area contributed by atoms with Gasteiger partial charge in [-0.25, -0.2) is 0 Å². The molecular weight excluding hydrogens is 292 g/mol. The minimum atomic E-state index is -0.212. The van der Waals surface area contributed by atoms with Gasteiger partial charge in [0.1, 0.15) is 11.9 Å². The van der Waals surface area contributed by atoms with E-state index in [1.165, 1.54) is 0 Å². The highest BCUT2D eigenvalue weighted by Gasteiger charge is 2.28. The fourth-order valence-electron chi connectivity index (χ4n) is 2.94. The Morgan fingerprint density at radius 1 is 1.17 bits per heavy atom. The van der Waals surface area contributed by atoms with Crippen LogP contribution in [0, 0.1) is 0 Å². The number of fused-ring (bicyclic) bond motifs is 1.